The number of hydrogen-bond donors (Lipinski definition) is 1. The van der Waals surface area contributed by atoms with Crippen LogP contribution in [-0.4, -0.2) is 11.8 Å². The monoisotopic (exact) mass is 280 g/mol. The number of anilines is 2. The smallest absolute Gasteiger partial charge is 0.268 e. The van der Waals surface area contributed by atoms with Gasteiger partial charge in [0.05, 0.1) is 16.8 Å². The lowest BCUT2D eigenvalue weighted by Gasteiger charge is -2.15. The minimum atomic E-state index is -0.356. The van der Waals surface area contributed by atoms with Crippen LogP contribution in [0, 0.1) is 0 Å². The molecule has 0 saturated heterocycles. The summed E-state index contributed by atoms with van der Waals surface area (Å²) in [7, 11) is 0. The molecule has 0 saturated carbocycles. The zero-order chi connectivity index (χ0) is 15.1. The molecule has 0 spiro atoms. The molecule has 106 valence electrons. The fourth-order valence-electron chi connectivity index (χ4n) is 2.55. The molecule has 1 aliphatic rings. The first-order valence-corrected chi connectivity index (χ1v) is 6.88. The van der Waals surface area contributed by atoms with Gasteiger partial charge in [-0.15, -0.1) is 0 Å². The van der Waals surface area contributed by atoms with E-state index in [9.17, 15) is 9.59 Å². The van der Waals surface area contributed by atoms with Gasteiger partial charge in [-0.2, -0.15) is 0 Å². The van der Waals surface area contributed by atoms with Gasteiger partial charge >= 0.3 is 0 Å². The highest BCUT2D eigenvalue weighted by Crippen LogP contribution is 2.32. The summed E-state index contributed by atoms with van der Waals surface area (Å²) in [5.74, 6) is -0.276. The summed E-state index contributed by atoms with van der Waals surface area (Å²) >= 11 is 0. The van der Waals surface area contributed by atoms with Gasteiger partial charge in [-0.25, -0.2) is 4.90 Å². The molecule has 0 aliphatic carbocycles. The van der Waals surface area contributed by atoms with Crippen LogP contribution in [0.5, 0.6) is 0 Å². The largest absolute Gasteiger partial charge is 0.398 e. The standard InChI is InChI=1S/C17H16N2O2/c1-10(2)11-6-8-12(9-7-11)19-16(20)13-4-3-5-14(18)15(13)17(19)21/h3-10H,18H2,1-2H3. The second-order valence-electron chi connectivity index (χ2n) is 5.46. The molecular formula is C17H16N2O2. The van der Waals surface area contributed by atoms with Crippen LogP contribution in [-0.2, 0) is 0 Å². The molecule has 21 heavy (non-hydrogen) atoms. The average Bonchev–Trinajstić information content (AvgIpc) is 2.72. The minimum absolute atomic E-state index is 0.301. The number of nitrogen functional groups attached to an aromatic ring is 1. The number of fused-ring (bicyclic) bond motifs is 1. The number of benzene rings is 2. The molecule has 4 nitrogen and oxygen atoms in total. The van der Waals surface area contributed by atoms with Crippen molar-refractivity contribution in [2.24, 2.45) is 0 Å². The Morgan fingerprint density at radius 1 is 0.952 bits per heavy atom. The number of nitrogens with zero attached hydrogens (tertiary/aromatic N) is 1. The lowest BCUT2D eigenvalue weighted by atomic mass is 10.0. The van der Waals surface area contributed by atoms with Gasteiger partial charge < -0.3 is 5.73 Å². The molecule has 0 atom stereocenters. The Labute approximate surface area is 123 Å². The lowest BCUT2D eigenvalue weighted by Crippen LogP contribution is -2.29. The average molecular weight is 280 g/mol. The Kier molecular flexibility index (Phi) is 3.01. The Hall–Kier alpha value is -2.62. The van der Waals surface area contributed by atoms with Crippen LogP contribution in [0.1, 0.15) is 46.0 Å². The zero-order valence-corrected chi connectivity index (χ0v) is 12.0. The summed E-state index contributed by atoms with van der Waals surface area (Å²) in [6, 6.07) is 12.4. The van der Waals surface area contributed by atoms with E-state index in [1.165, 1.54) is 4.90 Å². The molecule has 2 aromatic carbocycles. The molecule has 0 bridgehead atoms. The van der Waals surface area contributed by atoms with Crippen molar-refractivity contribution in [2.75, 3.05) is 10.6 Å². The minimum Gasteiger partial charge on any atom is -0.398 e. The third-order valence-electron chi connectivity index (χ3n) is 3.77. The molecule has 0 fully saturated rings. The van der Waals surface area contributed by atoms with Gasteiger partial charge in [0.1, 0.15) is 0 Å². The number of nitrogens with two attached hydrogens (primary N) is 1. The maximum absolute atomic E-state index is 12.5. The van der Waals surface area contributed by atoms with Gasteiger partial charge in [-0.3, -0.25) is 9.59 Å². The number of hydrogen-bond acceptors (Lipinski definition) is 3. The quantitative estimate of drug-likeness (QED) is 0.678. The van der Waals surface area contributed by atoms with Gasteiger partial charge in [0.2, 0.25) is 0 Å². The number of carbonyl (C=O) groups is 2. The third kappa shape index (κ3) is 2.00. The Morgan fingerprint density at radius 3 is 2.19 bits per heavy atom. The molecule has 4 heteroatoms. The van der Waals surface area contributed by atoms with Crippen LogP contribution in [0.15, 0.2) is 42.5 Å². The van der Waals surface area contributed by atoms with Crippen LogP contribution < -0.4 is 10.6 Å². The first-order chi connectivity index (χ1) is 10.0. The van der Waals surface area contributed by atoms with E-state index < -0.39 is 0 Å². The summed E-state index contributed by atoms with van der Waals surface area (Å²) < 4.78 is 0. The Balaban J connectivity index is 2.04. The summed E-state index contributed by atoms with van der Waals surface area (Å²) in [5.41, 5.74) is 8.57. The van der Waals surface area contributed by atoms with E-state index in [-0.39, 0.29) is 11.8 Å². The molecule has 1 heterocycles. The number of rotatable bonds is 2. The molecule has 3 rings (SSSR count). The fraction of sp³-hybridized carbons (Fsp3) is 0.176. The van der Waals surface area contributed by atoms with Crippen molar-refractivity contribution in [1.82, 2.24) is 0 Å². The number of imide groups is 1. The van der Waals surface area contributed by atoms with E-state index in [1.807, 2.05) is 12.1 Å². The summed E-state index contributed by atoms with van der Waals surface area (Å²) in [6.07, 6.45) is 0. The third-order valence-corrected chi connectivity index (χ3v) is 3.77. The maximum Gasteiger partial charge on any atom is 0.268 e. The number of amides is 2. The second kappa shape index (κ2) is 4.74. The van der Waals surface area contributed by atoms with Crippen molar-refractivity contribution in [3.8, 4) is 0 Å². The molecule has 0 radical (unpaired) electrons. The highest BCUT2D eigenvalue weighted by atomic mass is 16.2. The molecule has 1 aliphatic heterocycles. The lowest BCUT2D eigenvalue weighted by molar-refractivity contribution is 0.0926. The van der Waals surface area contributed by atoms with Gasteiger partial charge in [0.15, 0.2) is 0 Å². The fourth-order valence-corrected chi connectivity index (χ4v) is 2.55. The van der Waals surface area contributed by atoms with E-state index >= 15 is 0 Å². The van der Waals surface area contributed by atoms with E-state index in [1.54, 1.807) is 30.3 Å². The number of carbonyl (C=O) groups excluding carboxylic acids is 2. The first kappa shape index (κ1) is 13.4. The van der Waals surface area contributed by atoms with E-state index in [0.29, 0.717) is 28.4 Å². The molecule has 2 aromatic rings. The SMILES string of the molecule is CC(C)c1ccc(N2C(=O)c3cccc(N)c3C2=O)cc1. The molecule has 0 unspecified atom stereocenters. The predicted octanol–water partition coefficient (Wildman–Crippen LogP) is 3.19. The van der Waals surface area contributed by atoms with Crippen molar-refractivity contribution in [2.45, 2.75) is 19.8 Å². The van der Waals surface area contributed by atoms with E-state index in [4.69, 9.17) is 5.73 Å². The molecular weight excluding hydrogens is 264 g/mol. The summed E-state index contributed by atoms with van der Waals surface area (Å²) in [4.78, 5) is 26.1. The van der Waals surface area contributed by atoms with Crippen molar-refractivity contribution in [3.05, 3.63) is 59.2 Å². The highest BCUT2D eigenvalue weighted by molar-refractivity contribution is 6.35. The Bertz CT molecular complexity index is 733. The predicted molar refractivity (Wildman–Crippen MR) is 82.5 cm³/mol. The van der Waals surface area contributed by atoms with Gasteiger partial charge in [0, 0.05) is 5.69 Å². The second-order valence-corrected chi connectivity index (χ2v) is 5.46. The first-order valence-electron chi connectivity index (χ1n) is 6.88. The van der Waals surface area contributed by atoms with Crippen LogP contribution >= 0.6 is 0 Å². The van der Waals surface area contributed by atoms with E-state index in [0.717, 1.165) is 5.56 Å². The van der Waals surface area contributed by atoms with Crippen LogP contribution in [0.3, 0.4) is 0 Å². The Morgan fingerprint density at radius 2 is 1.62 bits per heavy atom. The van der Waals surface area contributed by atoms with Crippen LogP contribution in [0.2, 0.25) is 0 Å². The van der Waals surface area contributed by atoms with Crippen molar-refractivity contribution in [3.63, 3.8) is 0 Å². The van der Waals surface area contributed by atoms with Gasteiger partial charge in [-0.05, 0) is 35.7 Å². The summed E-state index contributed by atoms with van der Waals surface area (Å²) in [5, 5.41) is 0. The maximum atomic E-state index is 12.5. The normalized spacial score (nSPS) is 14.0. The van der Waals surface area contributed by atoms with Crippen molar-refractivity contribution in [1.29, 1.82) is 0 Å². The van der Waals surface area contributed by atoms with E-state index in [2.05, 4.69) is 13.8 Å². The molecule has 2 N–H and O–H groups in total. The zero-order valence-electron chi connectivity index (χ0n) is 12.0. The molecule has 0 aromatic heterocycles. The summed E-state index contributed by atoms with van der Waals surface area (Å²) in [6.45, 7) is 4.19. The van der Waals surface area contributed by atoms with Crippen molar-refractivity contribution >= 4 is 23.2 Å². The highest BCUT2D eigenvalue weighted by Gasteiger charge is 2.37. The van der Waals surface area contributed by atoms with Crippen LogP contribution in [0.4, 0.5) is 11.4 Å². The van der Waals surface area contributed by atoms with Gasteiger partial charge in [0.25, 0.3) is 11.8 Å². The van der Waals surface area contributed by atoms with Crippen molar-refractivity contribution < 1.29 is 9.59 Å². The topological polar surface area (TPSA) is 63.4 Å². The molecule has 2 amide bonds. The van der Waals surface area contributed by atoms with Gasteiger partial charge in [-0.1, -0.05) is 32.0 Å². The van der Waals surface area contributed by atoms with Crippen LogP contribution in [0.25, 0.3) is 0 Å².